The highest BCUT2D eigenvalue weighted by Crippen LogP contribution is 2.39. The van der Waals surface area contributed by atoms with Crippen LogP contribution in [0.2, 0.25) is 0 Å². The van der Waals surface area contributed by atoms with Gasteiger partial charge in [-0.1, -0.05) is 48.5 Å². The molecular formula is C25H29NO5S. The SMILES string of the molecule is CNc1ccc(C(Cc2ccccc2)c2cccs2)cc1[C@@H]1O[C@H](CO)[C@@H](O)[C@H](O)[C@H]1O. The molecular weight excluding hydrogens is 426 g/mol. The zero-order valence-electron chi connectivity index (χ0n) is 17.8. The molecule has 1 aliphatic heterocycles. The molecule has 0 spiro atoms. The molecule has 1 fully saturated rings. The van der Waals surface area contributed by atoms with Crippen LogP contribution in [0.25, 0.3) is 0 Å². The second-order valence-corrected chi connectivity index (χ2v) is 9.08. The van der Waals surface area contributed by atoms with Crippen molar-refractivity contribution in [3.63, 3.8) is 0 Å². The summed E-state index contributed by atoms with van der Waals surface area (Å²) in [6.45, 7) is -0.456. The third-order valence-corrected chi connectivity index (χ3v) is 7.10. The maximum atomic E-state index is 10.7. The summed E-state index contributed by atoms with van der Waals surface area (Å²) in [6, 6.07) is 20.5. The van der Waals surface area contributed by atoms with Crippen LogP contribution in [0.1, 0.15) is 33.6 Å². The summed E-state index contributed by atoms with van der Waals surface area (Å²) < 4.78 is 5.86. The average Bonchev–Trinajstić information content (AvgIpc) is 3.36. The number of nitrogens with one attached hydrogen (secondary N) is 1. The molecule has 1 aliphatic rings. The lowest BCUT2D eigenvalue weighted by molar-refractivity contribution is -0.231. The fourth-order valence-electron chi connectivity index (χ4n) is 4.34. The van der Waals surface area contributed by atoms with Gasteiger partial charge in [-0.15, -0.1) is 11.3 Å². The summed E-state index contributed by atoms with van der Waals surface area (Å²) in [4.78, 5) is 1.23. The van der Waals surface area contributed by atoms with Gasteiger partial charge in [0.25, 0.3) is 0 Å². The summed E-state index contributed by atoms with van der Waals surface area (Å²) >= 11 is 1.70. The minimum Gasteiger partial charge on any atom is -0.394 e. The lowest BCUT2D eigenvalue weighted by Gasteiger charge is -2.41. The quantitative estimate of drug-likeness (QED) is 0.376. The number of aliphatic hydroxyl groups is 4. The summed E-state index contributed by atoms with van der Waals surface area (Å²) in [6.07, 6.45) is -5.17. The first-order chi connectivity index (χ1) is 15.5. The molecule has 0 radical (unpaired) electrons. The summed E-state index contributed by atoms with van der Waals surface area (Å²) in [7, 11) is 1.78. The van der Waals surface area contributed by atoms with Gasteiger partial charge in [-0.05, 0) is 35.1 Å². The fourth-order valence-corrected chi connectivity index (χ4v) is 5.20. The van der Waals surface area contributed by atoms with Crippen LogP contribution in [0, 0.1) is 0 Å². The van der Waals surface area contributed by atoms with Gasteiger partial charge in [-0.2, -0.15) is 0 Å². The molecule has 0 amide bonds. The Labute approximate surface area is 191 Å². The van der Waals surface area contributed by atoms with E-state index in [1.807, 2.05) is 36.4 Å². The number of anilines is 1. The second kappa shape index (κ2) is 10.1. The molecule has 32 heavy (non-hydrogen) atoms. The maximum absolute atomic E-state index is 10.7. The zero-order chi connectivity index (χ0) is 22.7. The molecule has 2 heterocycles. The average molecular weight is 456 g/mol. The Bertz CT molecular complexity index is 995. The van der Waals surface area contributed by atoms with Crippen molar-refractivity contribution in [3.05, 3.63) is 87.6 Å². The standard InChI is InChI=1S/C25H29NO5S/c1-26-19-10-9-16(13-18(19)25-24(30)23(29)22(28)20(14-27)31-25)17(21-8-5-11-32-21)12-15-6-3-2-4-7-15/h2-11,13,17,20,22-30H,12,14H2,1H3/t17?,20-,22-,23+,24-,25+/m1/s1. The van der Waals surface area contributed by atoms with E-state index in [0.717, 1.165) is 17.7 Å². The van der Waals surface area contributed by atoms with Crippen LogP contribution in [0.5, 0.6) is 0 Å². The smallest absolute Gasteiger partial charge is 0.114 e. The molecule has 1 saturated heterocycles. The van der Waals surface area contributed by atoms with E-state index in [9.17, 15) is 20.4 Å². The normalized spacial score (nSPS) is 26.6. The van der Waals surface area contributed by atoms with Crippen LogP contribution in [0.15, 0.2) is 66.0 Å². The first-order valence-corrected chi connectivity index (χ1v) is 11.6. The predicted molar refractivity (Wildman–Crippen MR) is 125 cm³/mol. The number of aliphatic hydroxyl groups excluding tert-OH is 4. The molecule has 6 atom stereocenters. The van der Waals surface area contributed by atoms with Gasteiger partial charge in [-0.25, -0.2) is 0 Å². The Kier molecular flexibility index (Phi) is 7.25. The van der Waals surface area contributed by atoms with E-state index in [1.54, 1.807) is 18.4 Å². The first-order valence-electron chi connectivity index (χ1n) is 10.7. The Balaban J connectivity index is 1.74. The number of ether oxygens (including phenoxy) is 1. The van der Waals surface area contributed by atoms with E-state index < -0.39 is 37.1 Å². The highest BCUT2D eigenvalue weighted by molar-refractivity contribution is 7.10. The van der Waals surface area contributed by atoms with Gasteiger partial charge in [0.15, 0.2) is 0 Å². The minimum atomic E-state index is -1.42. The molecule has 0 saturated carbocycles. The molecule has 6 nitrogen and oxygen atoms in total. The molecule has 7 heteroatoms. The number of hydrogen-bond donors (Lipinski definition) is 5. The van der Waals surface area contributed by atoms with E-state index in [-0.39, 0.29) is 5.92 Å². The van der Waals surface area contributed by atoms with Crippen LogP contribution in [0.4, 0.5) is 5.69 Å². The Morgan fingerprint density at radius 1 is 0.969 bits per heavy atom. The third kappa shape index (κ3) is 4.59. The van der Waals surface area contributed by atoms with E-state index in [1.165, 1.54) is 10.4 Å². The van der Waals surface area contributed by atoms with Gasteiger partial charge in [-0.3, -0.25) is 0 Å². The number of hydrogen-bond acceptors (Lipinski definition) is 7. The van der Waals surface area contributed by atoms with Crippen molar-refractivity contribution in [2.45, 2.75) is 42.9 Å². The molecule has 5 N–H and O–H groups in total. The largest absolute Gasteiger partial charge is 0.394 e. The van der Waals surface area contributed by atoms with E-state index in [4.69, 9.17) is 4.74 Å². The first kappa shape index (κ1) is 22.9. The topological polar surface area (TPSA) is 102 Å². The van der Waals surface area contributed by atoms with Crippen molar-refractivity contribution in [2.75, 3.05) is 19.0 Å². The Hall–Kier alpha value is -2.26. The van der Waals surface area contributed by atoms with Crippen molar-refractivity contribution < 1.29 is 25.2 Å². The molecule has 4 rings (SSSR count). The molecule has 1 unspecified atom stereocenters. The fraction of sp³-hybridized carbons (Fsp3) is 0.360. The van der Waals surface area contributed by atoms with Gasteiger partial charge in [0.1, 0.15) is 30.5 Å². The molecule has 0 aliphatic carbocycles. The van der Waals surface area contributed by atoms with Crippen LogP contribution in [0.3, 0.4) is 0 Å². The van der Waals surface area contributed by atoms with Crippen LogP contribution >= 0.6 is 11.3 Å². The second-order valence-electron chi connectivity index (χ2n) is 8.10. The number of thiophene rings is 1. The van der Waals surface area contributed by atoms with Gasteiger partial charge in [0.2, 0.25) is 0 Å². The van der Waals surface area contributed by atoms with Crippen LogP contribution in [-0.2, 0) is 11.2 Å². The van der Waals surface area contributed by atoms with Crippen molar-refractivity contribution in [1.82, 2.24) is 0 Å². The van der Waals surface area contributed by atoms with Gasteiger partial charge >= 0.3 is 0 Å². The van der Waals surface area contributed by atoms with Crippen LogP contribution < -0.4 is 5.32 Å². The van der Waals surface area contributed by atoms with Gasteiger partial charge in [0, 0.05) is 29.1 Å². The van der Waals surface area contributed by atoms with Gasteiger partial charge in [0.05, 0.1) is 6.61 Å². The monoisotopic (exact) mass is 455 g/mol. The van der Waals surface area contributed by atoms with E-state index in [0.29, 0.717) is 5.56 Å². The van der Waals surface area contributed by atoms with Gasteiger partial charge < -0.3 is 30.5 Å². The third-order valence-electron chi connectivity index (χ3n) is 6.12. The molecule has 3 aromatic rings. The maximum Gasteiger partial charge on any atom is 0.114 e. The number of rotatable bonds is 7. The Morgan fingerprint density at radius 3 is 2.41 bits per heavy atom. The van der Waals surface area contributed by atoms with E-state index in [2.05, 4.69) is 35.0 Å². The molecule has 1 aromatic heterocycles. The predicted octanol–water partition coefficient (Wildman–Crippen LogP) is 2.68. The lowest BCUT2D eigenvalue weighted by Crippen LogP contribution is -2.55. The summed E-state index contributed by atoms with van der Waals surface area (Å²) in [5, 5.41) is 46.0. The summed E-state index contributed by atoms with van der Waals surface area (Å²) in [5.41, 5.74) is 3.71. The van der Waals surface area contributed by atoms with Crippen molar-refractivity contribution in [3.8, 4) is 0 Å². The Morgan fingerprint density at radius 2 is 1.75 bits per heavy atom. The highest BCUT2D eigenvalue weighted by atomic mass is 32.1. The lowest BCUT2D eigenvalue weighted by atomic mass is 9.86. The molecule has 2 aromatic carbocycles. The van der Waals surface area contributed by atoms with Crippen molar-refractivity contribution in [2.24, 2.45) is 0 Å². The summed E-state index contributed by atoms with van der Waals surface area (Å²) in [5.74, 6) is 0.104. The van der Waals surface area contributed by atoms with E-state index >= 15 is 0 Å². The minimum absolute atomic E-state index is 0.104. The zero-order valence-corrected chi connectivity index (χ0v) is 18.7. The highest BCUT2D eigenvalue weighted by Gasteiger charge is 2.44. The molecule has 0 bridgehead atoms. The van der Waals surface area contributed by atoms with Crippen LogP contribution in [-0.4, -0.2) is 58.5 Å². The van der Waals surface area contributed by atoms with Crippen molar-refractivity contribution >= 4 is 17.0 Å². The molecule has 170 valence electrons. The number of benzene rings is 2. The van der Waals surface area contributed by atoms with Crippen molar-refractivity contribution in [1.29, 1.82) is 0 Å².